The number of piperidine rings is 1. The maximum Gasteiger partial charge on any atom is 0.405 e. The number of aliphatic hydroxyl groups is 1. The topological polar surface area (TPSA) is 123 Å². The zero-order valence-electron chi connectivity index (χ0n) is 15.7. The minimum Gasteiger partial charge on any atom is -0.465 e. The molecule has 9 heteroatoms. The zero-order chi connectivity index (χ0) is 20.3. The molecule has 2 aliphatic heterocycles. The van der Waals surface area contributed by atoms with Gasteiger partial charge in [-0.15, -0.1) is 0 Å². The average Bonchev–Trinajstić information content (AvgIpc) is 2.91. The third kappa shape index (κ3) is 3.70. The van der Waals surface area contributed by atoms with Crippen molar-refractivity contribution in [2.45, 2.75) is 25.3 Å². The standard InChI is InChI=1S/C19H24N4O5/c1-22-17(26)19(11-13-5-3-2-4-6-13)12-23(9-7-15(19)21-22)16(25)14(8-10-24)20-18(27)28/h2-6,14,20,24H,7-12H2,1H3,(H,27,28)/t14-,19-/m1/s1. The van der Waals surface area contributed by atoms with Crippen molar-refractivity contribution in [3.8, 4) is 0 Å². The van der Waals surface area contributed by atoms with E-state index in [4.69, 9.17) is 5.11 Å². The first-order valence-corrected chi connectivity index (χ1v) is 9.16. The highest BCUT2D eigenvalue weighted by Crippen LogP contribution is 2.38. The van der Waals surface area contributed by atoms with E-state index in [0.717, 1.165) is 11.3 Å². The van der Waals surface area contributed by atoms with Crippen LogP contribution < -0.4 is 5.32 Å². The summed E-state index contributed by atoms with van der Waals surface area (Å²) in [6.45, 7) is 0.151. The number of carboxylic acid groups (broad SMARTS) is 1. The van der Waals surface area contributed by atoms with E-state index in [1.165, 1.54) is 9.91 Å². The maximum atomic E-state index is 13.0. The molecule has 1 fully saturated rings. The summed E-state index contributed by atoms with van der Waals surface area (Å²) in [5.41, 5.74) is 0.762. The monoisotopic (exact) mass is 388 g/mol. The summed E-state index contributed by atoms with van der Waals surface area (Å²) >= 11 is 0. The molecule has 1 aromatic rings. The molecule has 0 bridgehead atoms. The van der Waals surface area contributed by atoms with Gasteiger partial charge in [0.2, 0.25) is 5.91 Å². The minimum atomic E-state index is -1.33. The highest BCUT2D eigenvalue weighted by molar-refractivity contribution is 6.13. The van der Waals surface area contributed by atoms with E-state index in [1.54, 1.807) is 7.05 Å². The van der Waals surface area contributed by atoms with Gasteiger partial charge in [0, 0.05) is 33.2 Å². The number of benzene rings is 1. The third-order valence-corrected chi connectivity index (χ3v) is 5.28. The van der Waals surface area contributed by atoms with Crippen molar-refractivity contribution in [1.29, 1.82) is 0 Å². The fourth-order valence-electron chi connectivity index (χ4n) is 3.97. The largest absolute Gasteiger partial charge is 0.465 e. The van der Waals surface area contributed by atoms with E-state index in [0.29, 0.717) is 19.4 Å². The number of carbonyl (C=O) groups excluding carboxylic acids is 2. The number of amides is 3. The van der Waals surface area contributed by atoms with Crippen molar-refractivity contribution < 1.29 is 24.6 Å². The van der Waals surface area contributed by atoms with E-state index in [1.807, 2.05) is 30.3 Å². The number of nitrogens with zero attached hydrogens (tertiary/aromatic N) is 3. The van der Waals surface area contributed by atoms with Crippen LogP contribution >= 0.6 is 0 Å². The fourth-order valence-corrected chi connectivity index (χ4v) is 3.97. The molecular weight excluding hydrogens is 364 g/mol. The van der Waals surface area contributed by atoms with Crippen LogP contribution in [0, 0.1) is 5.41 Å². The summed E-state index contributed by atoms with van der Waals surface area (Å²) in [6, 6.07) is 8.49. The van der Waals surface area contributed by atoms with Crippen molar-refractivity contribution in [3.63, 3.8) is 0 Å². The van der Waals surface area contributed by atoms with Crippen LogP contribution in [0.4, 0.5) is 4.79 Å². The van der Waals surface area contributed by atoms with Crippen LogP contribution in [0.25, 0.3) is 0 Å². The third-order valence-electron chi connectivity index (χ3n) is 5.28. The van der Waals surface area contributed by atoms with E-state index in [2.05, 4.69) is 10.4 Å². The Bertz CT molecular complexity index is 797. The number of aliphatic hydroxyl groups excluding tert-OH is 1. The van der Waals surface area contributed by atoms with Crippen molar-refractivity contribution in [2.24, 2.45) is 10.5 Å². The SMILES string of the molecule is CN1N=C2CCN(C(=O)[C@@H](CCO)NC(=O)O)C[C@@]2(Cc2ccccc2)C1=O. The summed E-state index contributed by atoms with van der Waals surface area (Å²) in [5, 5.41) is 26.1. The van der Waals surface area contributed by atoms with E-state index in [9.17, 15) is 19.5 Å². The van der Waals surface area contributed by atoms with Gasteiger partial charge in [0.05, 0.1) is 5.71 Å². The maximum absolute atomic E-state index is 13.0. The second kappa shape index (κ2) is 7.97. The molecule has 0 radical (unpaired) electrons. The molecule has 1 aromatic carbocycles. The van der Waals surface area contributed by atoms with Gasteiger partial charge < -0.3 is 20.4 Å². The zero-order valence-corrected chi connectivity index (χ0v) is 15.7. The fraction of sp³-hybridized carbons (Fsp3) is 0.474. The number of likely N-dealkylation sites (tertiary alicyclic amines) is 1. The van der Waals surface area contributed by atoms with Gasteiger partial charge >= 0.3 is 6.09 Å². The summed E-state index contributed by atoms with van der Waals surface area (Å²) in [5.74, 6) is -0.612. The number of rotatable bonds is 6. The predicted octanol–water partition coefficient (Wildman–Crippen LogP) is 0.294. The molecular formula is C19H24N4O5. The molecule has 0 saturated carbocycles. The Morgan fingerprint density at radius 2 is 2.04 bits per heavy atom. The molecule has 3 amide bonds. The van der Waals surface area contributed by atoms with E-state index in [-0.39, 0.29) is 25.5 Å². The normalized spacial score (nSPS) is 22.5. The lowest BCUT2D eigenvalue weighted by atomic mass is 9.73. The van der Waals surface area contributed by atoms with E-state index < -0.39 is 23.5 Å². The Morgan fingerprint density at radius 3 is 2.68 bits per heavy atom. The number of hydrogen-bond acceptors (Lipinski definition) is 5. The van der Waals surface area contributed by atoms with Crippen LogP contribution in [-0.4, -0.2) is 76.5 Å². The highest BCUT2D eigenvalue weighted by atomic mass is 16.4. The molecule has 0 aliphatic carbocycles. The number of nitrogens with one attached hydrogen (secondary N) is 1. The minimum absolute atomic E-state index is 0.0257. The van der Waals surface area contributed by atoms with Crippen LogP contribution in [0.3, 0.4) is 0 Å². The quantitative estimate of drug-likeness (QED) is 0.647. The van der Waals surface area contributed by atoms with Gasteiger partial charge in [0.1, 0.15) is 11.5 Å². The van der Waals surface area contributed by atoms with Gasteiger partial charge in [-0.1, -0.05) is 30.3 Å². The molecule has 2 atom stereocenters. The van der Waals surface area contributed by atoms with Gasteiger partial charge in [-0.2, -0.15) is 5.10 Å². The van der Waals surface area contributed by atoms with Crippen LogP contribution in [0.5, 0.6) is 0 Å². The lowest BCUT2D eigenvalue weighted by molar-refractivity contribution is -0.140. The molecule has 0 unspecified atom stereocenters. The molecule has 2 heterocycles. The van der Waals surface area contributed by atoms with Gasteiger partial charge in [-0.25, -0.2) is 9.80 Å². The molecule has 1 saturated heterocycles. The Morgan fingerprint density at radius 1 is 1.32 bits per heavy atom. The van der Waals surface area contributed by atoms with Crippen molar-refractivity contribution >= 4 is 23.6 Å². The number of hydrazone groups is 1. The first kappa shape index (κ1) is 19.8. The van der Waals surface area contributed by atoms with Gasteiger partial charge in [-0.05, 0) is 18.4 Å². The Labute approximate surface area is 162 Å². The second-order valence-corrected chi connectivity index (χ2v) is 7.14. The lowest BCUT2D eigenvalue weighted by Gasteiger charge is -2.40. The van der Waals surface area contributed by atoms with Crippen LogP contribution in [0.15, 0.2) is 35.4 Å². The smallest absolute Gasteiger partial charge is 0.405 e. The summed E-state index contributed by atoms with van der Waals surface area (Å²) in [4.78, 5) is 38.5. The van der Waals surface area contributed by atoms with Gasteiger partial charge in [-0.3, -0.25) is 9.59 Å². The Balaban J connectivity index is 1.87. The summed E-state index contributed by atoms with van der Waals surface area (Å²) in [6.07, 6.45) is -0.506. The van der Waals surface area contributed by atoms with E-state index >= 15 is 0 Å². The van der Waals surface area contributed by atoms with Gasteiger partial charge in [0.15, 0.2) is 0 Å². The number of fused-ring (bicyclic) bond motifs is 1. The van der Waals surface area contributed by atoms with Crippen molar-refractivity contribution in [1.82, 2.24) is 15.2 Å². The summed E-state index contributed by atoms with van der Waals surface area (Å²) in [7, 11) is 1.60. The van der Waals surface area contributed by atoms with Crippen molar-refractivity contribution in [2.75, 3.05) is 26.7 Å². The second-order valence-electron chi connectivity index (χ2n) is 7.14. The summed E-state index contributed by atoms with van der Waals surface area (Å²) < 4.78 is 0. The first-order chi connectivity index (χ1) is 13.4. The molecule has 28 heavy (non-hydrogen) atoms. The molecule has 2 aliphatic rings. The molecule has 0 aromatic heterocycles. The first-order valence-electron chi connectivity index (χ1n) is 9.16. The predicted molar refractivity (Wildman–Crippen MR) is 101 cm³/mol. The molecule has 3 N–H and O–H groups in total. The van der Waals surface area contributed by atoms with Gasteiger partial charge in [0.25, 0.3) is 5.91 Å². The Kier molecular flexibility index (Phi) is 5.64. The highest BCUT2D eigenvalue weighted by Gasteiger charge is 2.53. The molecule has 3 rings (SSSR count). The van der Waals surface area contributed by atoms with Crippen LogP contribution in [0.2, 0.25) is 0 Å². The molecule has 9 nitrogen and oxygen atoms in total. The molecule has 150 valence electrons. The number of hydrogen-bond donors (Lipinski definition) is 3. The number of carbonyl (C=O) groups is 3. The average molecular weight is 388 g/mol. The Hall–Kier alpha value is -2.94. The molecule has 0 spiro atoms. The van der Waals surface area contributed by atoms with Crippen LogP contribution in [-0.2, 0) is 16.0 Å². The van der Waals surface area contributed by atoms with Crippen LogP contribution in [0.1, 0.15) is 18.4 Å². The van der Waals surface area contributed by atoms with Crippen molar-refractivity contribution in [3.05, 3.63) is 35.9 Å². The lowest BCUT2D eigenvalue weighted by Crippen LogP contribution is -2.58.